The van der Waals surface area contributed by atoms with Crippen LogP contribution in [0.3, 0.4) is 0 Å². The first-order chi connectivity index (χ1) is 12.6. The summed E-state index contributed by atoms with van der Waals surface area (Å²) >= 11 is 0. The topological polar surface area (TPSA) is 83.1 Å². The molecule has 1 amide bonds. The maximum Gasteiger partial charge on any atom is 0.256 e. The minimum Gasteiger partial charge on any atom is -0.349 e. The molecule has 2 aromatic heterocycles. The van der Waals surface area contributed by atoms with Gasteiger partial charge >= 0.3 is 0 Å². The second kappa shape index (κ2) is 6.26. The van der Waals surface area contributed by atoms with Gasteiger partial charge < -0.3 is 5.32 Å². The molecule has 1 saturated carbocycles. The van der Waals surface area contributed by atoms with Crippen LogP contribution in [0.2, 0.25) is 0 Å². The Morgan fingerprint density at radius 1 is 1.38 bits per heavy atom. The van der Waals surface area contributed by atoms with Crippen LogP contribution < -0.4 is 5.32 Å². The van der Waals surface area contributed by atoms with Gasteiger partial charge in [-0.15, -0.1) is 0 Å². The molecule has 26 heavy (non-hydrogen) atoms. The number of aryl methyl sites for hydroxylation is 1. The van der Waals surface area contributed by atoms with E-state index in [4.69, 9.17) is 5.26 Å². The molecule has 0 aliphatic heterocycles. The highest BCUT2D eigenvalue weighted by atomic mass is 16.1. The van der Waals surface area contributed by atoms with Gasteiger partial charge in [0, 0.05) is 17.3 Å². The van der Waals surface area contributed by atoms with Crippen LogP contribution in [0.25, 0.3) is 16.9 Å². The van der Waals surface area contributed by atoms with Gasteiger partial charge in [0.25, 0.3) is 5.91 Å². The van der Waals surface area contributed by atoms with Crippen LogP contribution in [0.4, 0.5) is 0 Å². The fourth-order valence-corrected chi connectivity index (χ4v) is 3.17. The van der Waals surface area contributed by atoms with E-state index in [0.29, 0.717) is 22.7 Å². The zero-order chi connectivity index (χ0) is 18.3. The predicted molar refractivity (Wildman–Crippen MR) is 97.5 cm³/mol. The highest BCUT2D eigenvalue weighted by Crippen LogP contribution is 2.32. The lowest BCUT2D eigenvalue weighted by Gasteiger charge is -2.12. The first kappa shape index (κ1) is 16.3. The normalized spacial score (nSPS) is 14.8. The summed E-state index contributed by atoms with van der Waals surface area (Å²) in [6, 6.07) is 11.5. The molecular formula is C20H19N5O. The Bertz CT molecular complexity index is 1040. The highest BCUT2D eigenvalue weighted by Gasteiger charge is 2.29. The van der Waals surface area contributed by atoms with Crippen molar-refractivity contribution >= 4 is 11.6 Å². The van der Waals surface area contributed by atoms with E-state index in [9.17, 15) is 4.79 Å². The third-order valence-electron chi connectivity index (χ3n) is 4.87. The van der Waals surface area contributed by atoms with Crippen molar-refractivity contribution in [3.05, 3.63) is 53.3 Å². The third kappa shape index (κ3) is 2.93. The Morgan fingerprint density at radius 2 is 2.19 bits per heavy atom. The van der Waals surface area contributed by atoms with Crippen LogP contribution in [-0.2, 0) is 0 Å². The largest absolute Gasteiger partial charge is 0.349 e. The minimum atomic E-state index is -0.144. The lowest BCUT2D eigenvalue weighted by molar-refractivity contribution is 0.0937. The van der Waals surface area contributed by atoms with Crippen LogP contribution in [0.15, 0.2) is 36.5 Å². The van der Waals surface area contributed by atoms with Crippen molar-refractivity contribution in [2.45, 2.75) is 32.7 Å². The van der Waals surface area contributed by atoms with Gasteiger partial charge in [0.05, 0.1) is 23.5 Å². The number of hydrogen-bond donors (Lipinski definition) is 1. The molecule has 0 spiro atoms. The van der Waals surface area contributed by atoms with E-state index in [2.05, 4.69) is 21.5 Å². The zero-order valence-corrected chi connectivity index (χ0v) is 14.7. The molecule has 0 saturated heterocycles. The molecule has 1 fully saturated rings. The molecule has 1 aliphatic carbocycles. The summed E-state index contributed by atoms with van der Waals surface area (Å²) in [5.41, 5.74) is 4.01. The number of nitrogens with one attached hydrogen (secondary N) is 1. The smallest absolute Gasteiger partial charge is 0.256 e. The molecule has 130 valence electrons. The summed E-state index contributed by atoms with van der Waals surface area (Å²) in [5.74, 6) is 0.439. The Morgan fingerprint density at radius 3 is 2.92 bits per heavy atom. The van der Waals surface area contributed by atoms with E-state index in [0.717, 1.165) is 17.0 Å². The maximum atomic E-state index is 12.7. The average Bonchev–Trinajstić information content (AvgIpc) is 3.41. The summed E-state index contributed by atoms with van der Waals surface area (Å²) in [6.45, 7) is 3.96. The molecule has 0 radical (unpaired) electrons. The van der Waals surface area contributed by atoms with Gasteiger partial charge in [0.1, 0.15) is 5.56 Å². The van der Waals surface area contributed by atoms with E-state index >= 15 is 0 Å². The number of nitrogens with zero attached hydrogens (tertiary/aromatic N) is 4. The summed E-state index contributed by atoms with van der Waals surface area (Å²) < 4.78 is 1.67. The first-order valence-corrected chi connectivity index (χ1v) is 8.73. The van der Waals surface area contributed by atoms with E-state index in [-0.39, 0.29) is 11.9 Å². The predicted octanol–water partition coefficient (Wildman–Crippen LogP) is 3.10. The first-order valence-electron chi connectivity index (χ1n) is 8.73. The van der Waals surface area contributed by atoms with Crippen molar-refractivity contribution in [3.8, 4) is 17.3 Å². The second-order valence-electron chi connectivity index (χ2n) is 6.87. The molecule has 3 aromatic rings. The average molecular weight is 345 g/mol. The summed E-state index contributed by atoms with van der Waals surface area (Å²) in [4.78, 5) is 17.3. The van der Waals surface area contributed by atoms with E-state index in [1.54, 1.807) is 22.8 Å². The molecule has 1 aliphatic rings. The number of benzene rings is 1. The van der Waals surface area contributed by atoms with Crippen LogP contribution >= 0.6 is 0 Å². The van der Waals surface area contributed by atoms with Gasteiger partial charge in [-0.3, -0.25) is 4.79 Å². The monoisotopic (exact) mass is 345 g/mol. The van der Waals surface area contributed by atoms with Crippen molar-refractivity contribution in [1.82, 2.24) is 19.9 Å². The standard InChI is InChI=1S/C20H19N5O/c1-12-8-18(16-5-3-4-14(9-16)10-21)24-19-17(11-22-25(12)19)20(26)23-13(2)15-6-7-15/h3-5,8-9,11,13,15H,6-7H2,1-2H3,(H,23,26)/t13-/m0/s1. The van der Waals surface area contributed by atoms with Gasteiger partial charge in [-0.05, 0) is 50.8 Å². The summed E-state index contributed by atoms with van der Waals surface area (Å²) in [7, 11) is 0. The van der Waals surface area contributed by atoms with E-state index in [1.807, 2.05) is 32.0 Å². The lowest BCUT2D eigenvalue weighted by atomic mass is 10.1. The third-order valence-corrected chi connectivity index (χ3v) is 4.87. The van der Waals surface area contributed by atoms with Crippen LogP contribution in [0.1, 0.15) is 41.4 Å². The molecule has 1 N–H and O–H groups in total. The Balaban J connectivity index is 1.75. The van der Waals surface area contributed by atoms with E-state index in [1.165, 1.54) is 12.8 Å². The number of hydrogen-bond acceptors (Lipinski definition) is 4. The molecule has 6 heteroatoms. The SMILES string of the molecule is Cc1cc(-c2cccc(C#N)c2)nc2c(C(=O)N[C@@H](C)C3CC3)cnn12. The number of amides is 1. The fraction of sp³-hybridized carbons (Fsp3) is 0.300. The molecule has 0 bridgehead atoms. The van der Waals surface area contributed by atoms with E-state index < -0.39 is 0 Å². The number of carbonyl (C=O) groups is 1. The minimum absolute atomic E-state index is 0.144. The van der Waals surface area contributed by atoms with Crippen LogP contribution in [0, 0.1) is 24.2 Å². The zero-order valence-electron chi connectivity index (χ0n) is 14.7. The molecular weight excluding hydrogens is 326 g/mol. The maximum absolute atomic E-state index is 12.7. The van der Waals surface area contributed by atoms with Gasteiger partial charge in [0.15, 0.2) is 5.65 Å². The summed E-state index contributed by atoms with van der Waals surface area (Å²) in [5, 5.41) is 16.5. The van der Waals surface area contributed by atoms with Crippen LogP contribution in [-0.4, -0.2) is 26.5 Å². The lowest BCUT2D eigenvalue weighted by Crippen LogP contribution is -2.34. The van der Waals surface area contributed by atoms with Crippen LogP contribution in [0.5, 0.6) is 0 Å². The molecule has 1 atom stereocenters. The number of rotatable bonds is 4. The van der Waals surface area contributed by atoms with Crippen molar-refractivity contribution in [2.75, 3.05) is 0 Å². The van der Waals surface area contributed by atoms with Gasteiger partial charge in [-0.25, -0.2) is 9.50 Å². The van der Waals surface area contributed by atoms with Crippen molar-refractivity contribution in [3.63, 3.8) is 0 Å². The van der Waals surface area contributed by atoms with Crippen molar-refractivity contribution in [1.29, 1.82) is 5.26 Å². The molecule has 4 rings (SSSR count). The molecule has 0 unspecified atom stereocenters. The van der Waals surface area contributed by atoms with Gasteiger partial charge in [0.2, 0.25) is 0 Å². The Kier molecular flexibility index (Phi) is 3.92. The van der Waals surface area contributed by atoms with Gasteiger partial charge in [-0.2, -0.15) is 10.4 Å². The summed E-state index contributed by atoms with van der Waals surface area (Å²) in [6.07, 6.45) is 3.92. The second-order valence-corrected chi connectivity index (χ2v) is 6.87. The highest BCUT2D eigenvalue weighted by molar-refractivity contribution is 6.00. The fourth-order valence-electron chi connectivity index (χ4n) is 3.17. The molecule has 1 aromatic carbocycles. The molecule has 2 heterocycles. The van der Waals surface area contributed by atoms with Gasteiger partial charge in [-0.1, -0.05) is 12.1 Å². The number of carbonyl (C=O) groups excluding carboxylic acids is 1. The Labute approximate surface area is 151 Å². The number of nitriles is 1. The van der Waals surface area contributed by atoms with Crippen molar-refractivity contribution < 1.29 is 4.79 Å². The Hall–Kier alpha value is -3.20. The number of fused-ring (bicyclic) bond motifs is 1. The molecule has 6 nitrogen and oxygen atoms in total. The van der Waals surface area contributed by atoms with Crippen molar-refractivity contribution in [2.24, 2.45) is 5.92 Å². The number of aromatic nitrogens is 3. The quantitative estimate of drug-likeness (QED) is 0.787.